The highest BCUT2D eigenvalue weighted by atomic mass is 16.5. The molecule has 16 heavy (non-hydrogen) atoms. The summed E-state index contributed by atoms with van der Waals surface area (Å²) in [5.41, 5.74) is 0.668. The lowest BCUT2D eigenvalue weighted by Crippen LogP contribution is -2.14. The molecule has 90 valence electrons. The molecule has 0 spiro atoms. The maximum atomic E-state index is 11.6. The first-order valence-corrected chi connectivity index (χ1v) is 5.63. The lowest BCUT2D eigenvalue weighted by atomic mass is 9.93. The average Bonchev–Trinajstić information content (AvgIpc) is 2.27. The van der Waals surface area contributed by atoms with Crippen LogP contribution in [0.1, 0.15) is 39.0 Å². The first kappa shape index (κ1) is 12.7. The molecule has 0 heterocycles. The van der Waals surface area contributed by atoms with E-state index in [-0.39, 0.29) is 18.2 Å². The number of esters is 1. The molecule has 0 aromatic carbocycles. The van der Waals surface area contributed by atoms with Crippen LogP contribution in [0.3, 0.4) is 0 Å². The number of carbonyl (C=O) groups is 2. The highest BCUT2D eigenvalue weighted by Gasteiger charge is 2.21. The molecule has 0 amide bonds. The zero-order valence-corrected chi connectivity index (χ0v) is 9.88. The van der Waals surface area contributed by atoms with Gasteiger partial charge in [-0.05, 0) is 19.8 Å². The first-order chi connectivity index (χ1) is 7.69. The van der Waals surface area contributed by atoms with Crippen molar-refractivity contribution in [3.63, 3.8) is 0 Å². The number of allylic oxidation sites excluding steroid dienone is 2. The van der Waals surface area contributed by atoms with Gasteiger partial charge in [-0.1, -0.05) is 0 Å². The maximum absolute atomic E-state index is 11.6. The van der Waals surface area contributed by atoms with Gasteiger partial charge in [0.05, 0.1) is 13.7 Å². The summed E-state index contributed by atoms with van der Waals surface area (Å²) < 4.78 is 10.00. The molecule has 0 bridgehead atoms. The Balaban J connectivity index is 2.58. The summed E-state index contributed by atoms with van der Waals surface area (Å²) in [5, 5.41) is 0. The molecule has 4 nitrogen and oxygen atoms in total. The van der Waals surface area contributed by atoms with Crippen molar-refractivity contribution in [1.82, 2.24) is 0 Å². The van der Waals surface area contributed by atoms with Crippen LogP contribution >= 0.6 is 0 Å². The van der Waals surface area contributed by atoms with Crippen molar-refractivity contribution in [2.75, 3.05) is 13.7 Å². The van der Waals surface area contributed by atoms with Gasteiger partial charge >= 0.3 is 5.97 Å². The lowest BCUT2D eigenvalue weighted by molar-refractivity contribution is -0.143. The van der Waals surface area contributed by atoms with Gasteiger partial charge in [-0.3, -0.25) is 9.59 Å². The van der Waals surface area contributed by atoms with Gasteiger partial charge in [-0.2, -0.15) is 0 Å². The van der Waals surface area contributed by atoms with E-state index in [9.17, 15) is 9.59 Å². The van der Waals surface area contributed by atoms with Crippen LogP contribution in [0.4, 0.5) is 0 Å². The van der Waals surface area contributed by atoms with Gasteiger partial charge in [0, 0.05) is 24.8 Å². The quantitative estimate of drug-likeness (QED) is 0.673. The summed E-state index contributed by atoms with van der Waals surface area (Å²) in [7, 11) is 1.57. The predicted molar refractivity (Wildman–Crippen MR) is 58.8 cm³/mol. The zero-order valence-electron chi connectivity index (χ0n) is 9.88. The molecule has 1 rings (SSSR count). The fourth-order valence-electron chi connectivity index (χ4n) is 1.83. The highest BCUT2D eigenvalue weighted by Crippen LogP contribution is 2.25. The second-order valence-corrected chi connectivity index (χ2v) is 3.69. The third-order valence-electron chi connectivity index (χ3n) is 2.61. The molecule has 0 N–H and O–H groups in total. The van der Waals surface area contributed by atoms with E-state index >= 15 is 0 Å². The van der Waals surface area contributed by atoms with Crippen molar-refractivity contribution in [2.24, 2.45) is 0 Å². The molecular weight excluding hydrogens is 208 g/mol. The van der Waals surface area contributed by atoms with Gasteiger partial charge in [0.1, 0.15) is 5.76 Å². The van der Waals surface area contributed by atoms with Crippen LogP contribution in [-0.2, 0) is 19.1 Å². The minimum Gasteiger partial charge on any atom is -0.501 e. The van der Waals surface area contributed by atoms with Crippen LogP contribution in [0.2, 0.25) is 0 Å². The van der Waals surface area contributed by atoms with Crippen LogP contribution in [0, 0.1) is 0 Å². The van der Waals surface area contributed by atoms with Crippen LogP contribution in [-0.4, -0.2) is 25.5 Å². The molecule has 4 heteroatoms. The molecule has 0 aliphatic heterocycles. The number of carbonyl (C=O) groups excluding carboxylic acids is 2. The zero-order chi connectivity index (χ0) is 12.0. The number of ether oxygens (including phenoxy) is 2. The van der Waals surface area contributed by atoms with Gasteiger partial charge in [0.25, 0.3) is 0 Å². The molecule has 0 saturated carbocycles. The summed E-state index contributed by atoms with van der Waals surface area (Å²) in [4.78, 5) is 22.8. The van der Waals surface area contributed by atoms with E-state index in [0.29, 0.717) is 25.0 Å². The minimum absolute atomic E-state index is 0.104. The van der Waals surface area contributed by atoms with Crippen molar-refractivity contribution in [3.8, 4) is 0 Å². The van der Waals surface area contributed by atoms with E-state index in [2.05, 4.69) is 0 Å². The molecule has 0 aromatic rings. The maximum Gasteiger partial charge on any atom is 0.306 e. The van der Waals surface area contributed by atoms with E-state index < -0.39 is 0 Å². The van der Waals surface area contributed by atoms with E-state index in [1.54, 1.807) is 14.0 Å². The number of hydrogen-bond donors (Lipinski definition) is 0. The lowest BCUT2D eigenvalue weighted by Gasteiger charge is -2.17. The molecule has 0 saturated heterocycles. The topological polar surface area (TPSA) is 52.6 Å². The normalized spacial score (nSPS) is 16.2. The Labute approximate surface area is 95.6 Å². The van der Waals surface area contributed by atoms with Crippen molar-refractivity contribution in [2.45, 2.75) is 39.0 Å². The van der Waals surface area contributed by atoms with Gasteiger partial charge in [-0.15, -0.1) is 0 Å². The number of rotatable bonds is 5. The number of ketones is 1. The molecule has 0 unspecified atom stereocenters. The minimum atomic E-state index is -0.260. The van der Waals surface area contributed by atoms with Crippen molar-refractivity contribution in [3.05, 3.63) is 11.3 Å². The predicted octanol–water partition coefficient (Wildman–Crippen LogP) is 1.98. The Bertz CT molecular complexity index is 304. The molecule has 0 atom stereocenters. The molecule has 1 aliphatic carbocycles. The SMILES string of the molecule is CCOC(=O)CCC1=C(OC)CCCC1=O. The van der Waals surface area contributed by atoms with Crippen molar-refractivity contribution < 1.29 is 19.1 Å². The van der Waals surface area contributed by atoms with E-state index in [1.165, 1.54) is 0 Å². The van der Waals surface area contributed by atoms with Crippen LogP contribution < -0.4 is 0 Å². The van der Waals surface area contributed by atoms with E-state index in [4.69, 9.17) is 9.47 Å². The third kappa shape index (κ3) is 3.36. The monoisotopic (exact) mass is 226 g/mol. The van der Waals surface area contributed by atoms with Gasteiger partial charge in [0.15, 0.2) is 5.78 Å². The molecule has 0 radical (unpaired) electrons. The third-order valence-corrected chi connectivity index (χ3v) is 2.61. The second kappa shape index (κ2) is 6.30. The molecule has 1 aliphatic rings. The molecule has 0 aromatic heterocycles. The molecule has 0 fully saturated rings. The summed E-state index contributed by atoms with van der Waals surface area (Å²) in [6.07, 6.45) is 2.87. The fraction of sp³-hybridized carbons (Fsp3) is 0.667. The largest absolute Gasteiger partial charge is 0.501 e. The van der Waals surface area contributed by atoms with E-state index in [1.807, 2.05) is 0 Å². The first-order valence-electron chi connectivity index (χ1n) is 5.63. The number of hydrogen-bond acceptors (Lipinski definition) is 4. The Kier molecular flexibility index (Phi) is 5.02. The van der Waals surface area contributed by atoms with Crippen molar-refractivity contribution >= 4 is 11.8 Å². The van der Waals surface area contributed by atoms with Gasteiger partial charge in [-0.25, -0.2) is 0 Å². The summed E-state index contributed by atoms with van der Waals surface area (Å²) in [6, 6.07) is 0. The smallest absolute Gasteiger partial charge is 0.306 e. The Morgan fingerprint density at radius 1 is 1.38 bits per heavy atom. The summed E-state index contributed by atoms with van der Waals surface area (Å²) >= 11 is 0. The number of Topliss-reactive ketones (excluding diaryl/α,β-unsaturated/α-hetero) is 1. The van der Waals surface area contributed by atoms with Crippen molar-refractivity contribution in [1.29, 1.82) is 0 Å². The van der Waals surface area contributed by atoms with E-state index in [0.717, 1.165) is 18.6 Å². The molecular formula is C12H18O4. The van der Waals surface area contributed by atoms with Crippen LogP contribution in [0.25, 0.3) is 0 Å². The number of methoxy groups -OCH3 is 1. The standard InChI is InChI=1S/C12H18O4/c1-3-16-12(14)8-7-9-10(13)5-4-6-11(9)15-2/h3-8H2,1-2H3. The van der Waals surface area contributed by atoms with Crippen LogP contribution in [0.15, 0.2) is 11.3 Å². The summed E-state index contributed by atoms with van der Waals surface area (Å²) in [5.74, 6) is 0.580. The summed E-state index contributed by atoms with van der Waals surface area (Å²) in [6.45, 7) is 2.15. The Morgan fingerprint density at radius 3 is 2.75 bits per heavy atom. The Hall–Kier alpha value is -1.32. The van der Waals surface area contributed by atoms with Gasteiger partial charge < -0.3 is 9.47 Å². The highest BCUT2D eigenvalue weighted by molar-refractivity contribution is 5.97. The fourth-order valence-corrected chi connectivity index (χ4v) is 1.83. The second-order valence-electron chi connectivity index (χ2n) is 3.69. The van der Waals surface area contributed by atoms with Crippen LogP contribution in [0.5, 0.6) is 0 Å². The average molecular weight is 226 g/mol. The Morgan fingerprint density at radius 2 is 2.12 bits per heavy atom. The van der Waals surface area contributed by atoms with Gasteiger partial charge in [0.2, 0.25) is 0 Å².